The van der Waals surface area contributed by atoms with E-state index in [1.54, 1.807) is 6.20 Å². The Hall–Kier alpha value is -0.648. The molecule has 0 aliphatic rings. The Morgan fingerprint density at radius 2 is 2.25 bits per heavy atom. The van der Waals surface area contributed by atoms with Gasteiger partial charge in [0.1, 0.15) is 0 Å². The number of aromatic nitrogens is 2. The molecular weight excluding hydrogens is 322 g/mol. The molecule has 0 unspecified atom stereocenters. The predicted octanol–water partition coefficient (Wildman–Crippen LogP) is 1.75. The summed E-state index contributed by atoms with van der Waals surface area (Å²) in [5.74, 6) is 0. The molecule has 2 nitrogen and oxygen atoms in total. The fourth-order valence-corrected chi connectivity index (χ4v) is 1.28. The molecule has 0 amide bonds. The second kappa shape index (κ2) is 3.84. The van der Waals surface area contributed by atoms with Gasteiger partial charge in [-0.15, -0.1) is 0 Å². The summed E-state index contributed by atoms with van der Waals surface area (Å²) in [7, 11) is 0. The Morgan fingerprint density at radius 3 is 3.00 bits per heavy atom. The molecule has 0 aliphatic heterocycles. The number of rotatable bonds is 1. The molecule has 3 heteroatoms. The molecule has 0 aliphatic carbocycles. The van der Waals surface area contributed by atoms with Gasteiger partial charge in [0, 0.05) is 20.4 Å². The van der Waals surface area contributed by atoms with Crippen molar-refractivity contribution >= 4 is 11.0 Å². The summed E-state index contributed by atoms with van der Waals surface area (Å²) in [5.41, 5.74) is 2.19. The van der Waals surface area contributed by atoms with Gasteiger partial charge in [0.2, 0.25) is 0 Å². The third-order valence-electron chi connectivity index (χ3n) is 1.88. The minimum Gasteiger partial charge on any atom is -0.442 e. The SMILES string of the molecule is CCc1ccnc2[n-]ccc12.[Re]. The van der Waals surface area contributed by atoms with E-state index in [2.05, 4.69) is 16.9 Å². The van der Waals surface area contributed by atoms with Gasteiger partial charge in [-0.1, -0.05) is 37.1 Å². The van der Waals surface area contributed by atoms with E-state index < -0.39 is 0 Å². The smallest absolute Gasteiger partial charge is 0 e. The zero-order valence-electron chi connectivity index (χ0n) is 6.79. The van der Waals surface area contributed by atoms with Crippen LogP contribution in [0.15, 0.2) is 24.5 Å². The molecule has 0 saturated carbocycles. The van der Waals surface area contributed by atoms with Gasteiger partial charge in [-0.2, -0.15) is 0 Å². The first-order valence-corrected chi connectivity index (χ1v) is 3.77. The number of hydrogen-bond acceptors (Lipinski definition) is 1. The number of nitrogens with zero attached hydrogens (tertiary/aromatic N) is 2. The average Bonchev–Trinajstić information content (AvgIpc) is 2.50. The van der Waals surface area contributed by atoms with Crippen molar-refractivity contribution in [3.05, 3.63) is 30.1 Å². The van der Waals surface area contributed by atoms with E-state index in [4.69, 9.17) is 0 Å². The maximum atomic E-state index is 4.14. The fourth-order valence-electron chi connectivity index (χ4n) is 1.28. The van der Waals surface area contributed by atoms with Gasteiger partial charge in [-0.25, -0.2) is 0 Å². The molecule has 0 N–H and O–H groups in total. The molecule has 0 bridgehead atoms. The van der Waals surface area contributed by atoms with Crippen LogP contribution < -0.4 is 4.98 Å². The molecule has 2 heterocycles. The van der Waals surface area contributed by atoms with Crippen molar-refractivity contribution in [3.63, 3.8) is 0 Å². The zero-order valence-corrected chi connectivity index (χ0v) is 9.50. The Bertz CT molecular complexity index is 367. The summed E-state index contributed by atoms with van der Waals surface area (Å²) in [4.78, 5) is 8.25. The van der Waals surface area contributed by atoms with Crippen molar-refractivity contribution in [2.75, 3.05) is 0 Å². The Labute approximate surface area is 85.1 Å². The van der Waals surface area contributed by atoms with Crippen molar-refractivity contribution in [3.8, 4) is 0 Å². The maximum absolute atomic E-state index is 4.14. The quantitative estimate of drug-likeness (QED) is 0.796. The van der Waals surface area contributed by atoms with E-state index in [9.17, 15) is 0 Å². The number of pyridine rings is 1. The van der Waals surface area contributed by atoms with Crippen LogP contribution in [0.5, 0.6) is 0 Å². The van der Waals surface area contributed by atoms with E-state index in [0.717, 1.165) is 12.1 Å². The molecule has 0 saturated heterocycles. The largest absolute Gasteiger partial charge is 0.442 e. The van der Waals surface area contributed by atoms with E-state index in [1.165, 1.54) is 10.9 Å². The standard InChI is InChI=1S/C9H9N2.Re/c1-2-7-3-5-10-9-8(7)4-6-11-9;/h3-6H,2H2,1H3;/q-1;. The van der Waals surface area contributed by atoms with Gasteiger partial charge in [0.25, 0.3) is 0 Å². The zero-order chi connectivity index (χ0) is 7.68. The van der Waals surface area contributed by atoms with Gasteiger partial charge in [0.05, 0.1) is 0 Å². The van der Waals surface area contributed by atoms with E-state index in [0.29, 0.717) is 0 Å². The van der Waals surface area contributed by atoms with Crippen molar-refractivity contribution < 1.29 is 20.4 Å². The first-order chi connectivity index (χ1) is 5.42. The van der Waals surface area contributed by atoms with Crippen LogP contribution in [-0.4, -0.2) is 4.98 Å². The van der Waals surface area contributed by atoms with Crippen LogP contribution in [0.1, 0.15) is 12.5 Å². The monoisotopic (exact) mass is 332 g/mol. The maximum Gasteiger partial charge on any atom is 0 e. The molecule has 63 valence electrons. The third-order valence-corrected chi connectivity index (χ3v) is 1.88. The fraction of sp³-hybridized carbons (Fsp3) is 0.222. The van der Waals surface area contributed by atoms with Crippen LogP contribution in [-0.2, 0) is 26.8 Å². The van der Waals surface area contributed by atoms with E-state index in [-0.39, 0.29) is 20.4 Å². The molecule has 2 aromatic rings. The van der Waals surface area contributed by atoms with Gasteiger partial charge in [-0.05, 0) is 17.4 Å². The first-order valence-electron chi connectivity index (χ1n) is 3.77. The summed E-state index contributed by atoms with van der Waals surface area (Å²) >= 11 is 0. The van der Waals surface area contributed by atoms with Crippen molar-refractivity contribution in [1.82, 2.24) is 9.97 Å². The second-order valence-electron chi connectivity index (χ2n) is 2.51. The van der Waals surface area contributed by atoms with Crippen LogP contribution in [0.2, 0.25) is 0 Å². The third kappa shape index (κ3) is 1.43. The summed E-state index contributed by atoms with van der Waals surface area (Å²) in [6, 6.07) is 4.06. The summed E-state index contributed by atoms with van der Waals surface area (Å²) in [6.07, 6.45) is 4.66. The average molecular weight is 331 g/mol. The van der Waals surface area contributed by atoms with Gasteiger partial charge < -0.3 is 9.97 Å². The molecule has 0 spiro atoms. The van der Waals surface area contributed by atoms with Gasteiger partial charge in [0.15, 0.2) is 0 Å². The molecule has 2 aromatic heterocycles. The van der Waals surface area contributed by atoms with Crippen LogP contribution in [0, 0.1) is 0 Å². The molecule has 0 atom stereocenters. The minimum absolute atomic E-state index is 0. The molecule has 0 aromatic carbocycles. The van der Waals surface area contributed by atoms with Crippen molar-refractivity contribution in [2.45, 2.75) is 13.3 Å². The number of fused-ring (bicyclic) bond motifs is 1. The molecular formula is C9H9N2Re-. The van der Waals surface area contributed by atoms with Crippen LogP contribution in [0.3, 0.4) is 0 Å². The second-order valence-corrected chi connectivity index (χ2v) is 2.51. The van der Waals surface area contributed by atoms with Crippen LogP contribution in [0.25, 0.3) is 11.0 Å². The molecule has 2 rings (SSSR count). The summed E-state index contributed by atoms with van der Waals surface area (Å²) < 4.78 is 0. The first kappa shape index (κ1) is 9.44. The molecule has 1 radical (unpaired) electrons. The number of aryl methyl sites for hydroxylation is 1. The number of hydrogen-bond donors (Lipinski definition) is 0. The van der Waals surface area contributed by atoms with E-state index >= 15 is 0 Å². The molecule has 12 heavy (non-hydrogen) atoms. The summed E-state index contributed by atoms with van der Waals surface area (Å²) in [6.45, 7) is 2.14. The van der Waals surface area contributed by atoms with Crippen molar-refractivity contribution in [2.24, 2.45) is 0 Å². The minimum atomic E-state index is 0. The van der Waals surface area contributed by atoms with Crippen LogP contribution >= 0.6 is 0 Å². The van der Waals surface area contributed by atoms with Gasteiger partial charge >= 0.3 is 0 Å². The Kier molecular flexibility index (Phi) is 3.02. The topological polar surface area (TPSA) is 27.0 Å². The van der Waals surface area contributed by atoms with Crippen molar-refractivity contribution in [1.29, 1.82) is 0 Å². The van der Waals surface area contributed by atoms with E-state index in [1.807, 2.05) is 18.3 Å². The normalized spacial score (nSPS) is 9.75. The molecule has 0 fully saturated rings. The van der Waals surface area contributed by atoms with Crippen LogP contribution in [0.4, 0.5) is 0 Å². The Morgan fingerprint density at radius 1 is 1.42 bits per heavy atom. The Balaban J connectivity index is 0.000000720. The summed E-state index contributed by atoms with van der Waals surface area (Å²) in [5, 5.41) is 1.19. The van der Waals surface area contributed by atoms with Gasteiger partial charge in [-0.3, -0.25) is 0 Å². The predicted molar refractivity (Wildman–Crippen MR) is 44.4 cm³/mol.